The Morgan fingerprint density at radius 1 is 1.23 bits per heavy atom. The van der Waals surface area contributed by atoms with Gasteiger partial charge in [0, 0.05) is 19.5 Å². The van der Waals surface area contributed by atoms with Crippen molar-refractivity contribution < 1.29 is 9.52 Å². The van der Waals surface area contributed by atoms with Gasteiger partial charge in [-0.25, -0.2) is 0 Å². The summed E-state index contributed by atoms with van der Waals surface area (Å²) in [6, 6.07) is 3.86. The van der Waals surface area contributed by atoms with Crippen LogP contribution in [0.2, 0.25) is 0 Å². The largest absolute Gasteiger partial charge is 0.469 e. The average molecular weight is 309 g/mol. The van der Waals surface area contributed by atoms with E-state index in [1.165, 1.54) is 0 Å². The monoisotopic (exact) mass is 309 g/mol. The Balaban J connectivity index is 2.51. The zero-order valence-corrected chi connectivity index (χ0v) is 14.2. The van der Waals surface area contributed by atoms with Crippen LogP contribution in [0.3, 0.4) is 0 Å². The van der Waals surface area contributed by atoms with Gasteiger partial charge in [0.15, 0.2) is 5.96 Å². The van der Waals surface area contributed by atoms with Gasteiger partial charge in [0.1, 0.15) is 5.76 Å². The maximum atomic E-state index is 10.6. The first-order valence-electron chi connectivity index (χ1n) is 8.40. The molecule has 0 aliphatic rings. The molecule has 1 rings (SSSR count). The van der Waals surface area contributed by atoms with E-state index in [4.69, 9.17) is 4.42 Å². The zero-order valence-electron chi connectivity index (χ0n) is 14.2. The van der Waals surface area contributed by atoms with Gasteiger partial charge in [-0.1, -0.05) is 26.7 Å². The topological polar surface area (TPSA) is 69.8 Å². The fourth-order valence-corrected chi connectivity index (χ4v) is 2.54. The maximum Gasteiger partial charge on any atom is 0.191 e. The molecular weight excluding hydrogens is 278 g/mol. The second-order valence-corrected chi connectivity index (χ2v) is 5.68. The number of rotatable bonds is 10. The van der Waals surface area contributed by atoms with E-state index in [1.54, 1.807) is 6.26 Å². The number of aliphatic hydroxyl groups is 1. The summed E-state index contributed by atoms with van der Waals surface area (Å²) in [6.45, 7) is 8.21. The second kappa shape index (κ2) is 10.3. The molecule has 0 saturated carbocycles. The van der Waals surface area contributed by atoms with Crippen LogP contribution in [0, 0.1) is 0 Å². The molecule has 0 spiro atoms. The predicted molar refractivity (Wildman–Crippen MR) is 91.2 cm³/mol. The SMILES string of the molecule is CCCC(O)(CCC)CN=C(NCC)NCCc1ccco1. The molecule has 0 unspecified atom stereocenters. The summed E-state index contributed by atoms with van der Waals surface area (Å²) in [6.07, 6.45) is 6.01. The van der Waals surface area contributed by atoms with Crippen molar-refractivity contribution in [3.63, 3.8) is 0 Å². The molecule has 1 aromatic rings. The number of guanidine groups is 1. The lowest BCUT2D eigenvalue weighted by Gasteiger charge is -2.26. The molecule has 0 aromatic carbocycles. The van der Waals surface area contributed by atoms with Crippen molar-refractivity contribution in [2.75, 3.05) is 19.6 Å². The van der Waals surface area contributed by atoms with Crippen molar-refractivity contribution in [3.8, 4) is 0 Å². The van der Waals surface area contributed by atoms with Gasteiger partial charge in [0.25, 0.3) is 0 Å². The molecule has 0 fully saturated rings. The van der Waals surface area contributed by atoms with Crippen LogP contribution >= 0.6 is 0 Å². The summed E-state index contributed by atoms with van der Waals surface area (Å²) >= 11 is 0. The number of nitrogens with one attached hydrogen (secondary N) is 2. The molecule has 0 radical (unpaired) electrons. The number of aliphatic imine (C=N–C) groups is 1. The molecule has 0 atom stereocenters. The van der Waals surface area contributed by atoms with Gasteiger partial charge >= 0.3 is 0 Å². The van der Waals surface area contributed by atoms with Crippen LogP contribution in [-0.4, -0.2) is 36.3 Å². The van der Waals surface area contributed by atoms with E-state index in [-0.39, 0.29) is 0 Å². The van der Waals surface area contributed by atoms with E-state index in [0.717, 1.165) is 56.9 Å². The Morgan fingerprint density at radius 2 is 1.95 bits per heavy atom. The molecule has 0 amide bonds. The van der Waals surface area contributed by atoms with E-state index < -0.39 is 5.60 Å². The van der Waals surface area contributed by atoms with Crippen LogP contribution in [0.1, 0.15) is 52.2 Å². The fourth-order valence-electron chi connectivity index (χ4n) is 2.54. The molecule has 5 heteroatoms. The standard InChI is InChI=1S/C17H31N3O2/c1-4-10-17(21,11-5-2)14-20-16(18-6-3)19-12-9-15-8-7-13-22-15/h7-8,13,21H,4-6,9-12,14H2,1-3H3,(H2,18,19,20). The van der Waals surface area contributed by atoms with E-state index in [2.05, 4.69) is 29.5 Å². The highest BCUT2D eigenvalue weighted by molar-refractivity contribution is 5.79. The first-order chi connectivity index (χ1) is 10.6. The fraction of sp³-hybridized carbons (Fsp3) is 0.706. The lowest BCUT2D eigenvalue weighted by Crippen LogP contribution is -2.40. The molecule has 126 valence electrons. The predicted octanol–water partition coefficient (Wildman–Crippen LogP) is 2.71. The third kappa shape index (κ3) is 6.98. The van der Waals surface area contributed by atoms with Gasteiger partial charge < -0.3 is 20.2 Å². The van der Waals surface area contributed by atoms with Gasteiger partial charge in [-0.2, -0.15) is 0 Å². The van der Waals surface area contributed by atoms with E-state index in [0.29, 0.717) is 6.54 Å². The number of hydrogen-bond donors (Lipinski definition) is 3. The van der Waals surface area contributed by atoms with Crippen LogP contribution < -0.4 is 10.6 Å². The molecule has 0 bridgehead atoms. The van der Waals surface area contributed by atoms with Gasteiger partial charge in [-0.05, 0) is 31.9 Å². The van der Waals surface area contributed by atoms with Crippen LogP contribution in [0.15, 0.2) is 27.8 Å². The van der Waals surface area contributed by atoms with E-state index in [9.17, 15) is 5.11 Å². The average Bonchev–Trinajstić information content (AvgIpc) is 2.99. The highest BCUT2D eigenvalue weighted by atomic mass is 16.3. The summed E-state index contributed by atoms with van der Waals surface area (Å²) < 4.78 is 5.31. The molecule has 0 aliphatic heterocycles. The lowest BCUT2D eigenvalue weighted by molar-refractivity contribution is 0.0306. The molecule has 0 saturated heterocycles. The third-order valence-corrected chi connectivity index (χ3v) is 3.55. The van der Waals surface area contributed by atoms with Crippen molar-refractivity contribution in [3.05, 3.63) is 24.2 Å². The normalized spacial score (nSPS) is 12.5. The summed E-state index contributed by atoms with van der Waals surface area (Å²) in [7, 11) is 0. The minimum absolute atomic E-state index is 0.435. The summed E-state index contributed by atoms with van der Waals surface area (Å²) in [5.74, 6) is 1.71. The maximum absolute atomic E-state index is 10.6. The van der Waals surface area contributed by atoms with Gasteiger partial charge in [-0.15, -0.1) is 0 Å². The van der Waals surface area contributed by atoms with Gasteiger partial charge in [0.2, 0.25) is 0 Å². The highest BCUT2D eigenvalue weighted by Gasteiger charge is 2.24. The van der Waals surface area contributed by atoms with Crippen molar-refractivity contribution in [2.45, 2.75) is 58.5 Å². The molecule has 3 N–H and O–H groups in total. The minimum Gasteiger partial charge on any atom is -0.469 e. The van der Waals surface area contributed by atoms with Crippen LogP contribution in [0.4, 0.5) is 0 Å². The van der Waals surface area contributed by atoms with Crippen LogP contribution in [-0.2, 0) is 6.42 Å². The molecule has 1 heterocycles. The van der Waals surface area contributed by atoms with Crippen molar-refractivity contribution in [1.82, 2.24) is 10.6 Å². The van der Waals surface area contributed by atoms with Crippen molar-refractivity contribution in [1.29, 1.82) is 0 Å². The highest BCUT2D eigenvalue weighted by Crippen LogP contribution is 2.19. The molecule has 22 heavy (non-hydrogen) atoms. The lowest BCUT2D eigenvalue weighted by atomic mass is 9.93. The quantitative estimate of drug-likeness (QED) is 0.459. The van der Waals surface area contributed by atoms with Crippen LogP contribution in [0.25, 0.3) is 0 Å². The number of nitrogens with zero attached hydrogens (tertiary/aromatic N) is 1. The van der Waals surface area contributed by atoms with E-state index in [1.807, 2.05) is 19.1 Å². The Morgan fingerprint density at radius 3 is 2.50 bits per heavy atom. The number of furan rings is 1. The molecule has 5 nitrogen and oxygen atoms in total. The summed E-state index contributed by atoms with van der Waals surface area (Å²) in [5, 5.41) is 17.1. The Hall–Kier alpha value is -1.49. The molecule has 1 aromatic heterocycles. The second-order valence-electron chi connectivity index (χ2n) is 5.68. The first-order valence-corrected chi connectivity index (χ1v) is 8.40. The summed E-state index contributed by atoms with van der Waals surface area (Å²) in [5.41, 5.74) is -0.688. The van der Waals surface area contributed by atoms with Gasteiger partial charge in [0.05, 0.1) is 18.4 Å². The van der Waals surface area contributed by atoms with Crippen molar-refractivity contribution in [2.24, 2.45) is 4.99 Å². The molecular formula is C17H31N3O2. The summed E-state index contributed by atoms with van der Waals surface area (Å²) in [4.78, 5) is 4.56. The third-order valence-electron chi connectivity index (χ3n) is 3.55. The Labute approximate surface area is 134 Å². The Kier molecular flexibility index (Phi) is 8.67. The molecule has 0 aliphatic carbocycles. The van der Waals surface area contributed by atoms with Crippen molar-refractivity contribution >= 4 is 5.96 Å². The minimum atomic E-state index is -0.688. The smallest absolute Gasteiger partial charge is 0.191 e. The first kappa shape index (κ1) is 18.6. The zero-order chi connectivity index (χ0) is 16.3. The number of hydrogen-bond acceptors (Lipinski definition) is 3. The van der Waals surface area contributed by atoms with Crippen LogP contribution in [0.5, 0.6) is 0 Å². The van der Waals surface area contributed by atoms with E-state index >= 15 is 0 Å². The van der Waals surface area contributed by atoms with Gasteiger partial charge in [-0.3, -0.25) is 4.99 Å². The Bertz CT molecular complexity index is 410.